The lowest BCUT2D eigenvalue weighted by molar-refractivity contribution is -0.165. The average Bonchev–Trinajstić information content (AvgIpc) is 2.25. The van der Waals surface area contributed by atoms with Crippen molar-refractivity contribution in [3.8, 4) is 0 Å². The lowest BCUT2D eigenvalue weighted by Crippen LogP contribution is -2.35. The molecule has 2 nitrogen and oxygen atoms in total. The van der Waals surface area contributed by atoms with E-state index < -0.39 is 0 Å². The van der Waals surface area contributed by atoms with Crippen molar-refractivity contribution >= 4 is 5.97 Å². The summed E-state index contributed by atoms with van der Waals surface area (Å²) >= 11 is 0. The molecule has 114 valence electrons. The summed E-state index contributed by atoms with van der Waals surface area (Å²) in [5.74, 6) is 0.543. The van der Waals surface area contributed by atoms with E-state index in [1.54, 1.807) is 0 Å². The van der Waals surface area contributed by atoms with Gasteiger partial charge in [0.2, 0.25) is 0 Å². The molecule has 0 fully saturated rings. The van der Waals surface area contributed by atoms with Crippen LogP contribution in [0.2, 0.25) is 0 Å². The Hall–Kier alpha value is -0.530. The standard InChI is InChI=1S/C17H34O2/c1-9-17(8,10-2)19-15(18)14(11-13(3)4)12-16(5,6)7/h13-14H,9-12H2,1-8H3. The zero-order chi connectivity index (χ0) is 15.3. The molecule has 1 unspecified atom stereocenters. The van der Waals surface area contributed by atoms with E-state index in [1.165, 1.54) is 0 Å². The molecule has 0 radical (unpaired) electrons. The summed E-state index contributed by atoms with van der Waals surface area (Å²) in [5.41, 5.74) is -0.141. The van der Waals surface area contributed by atoms with E-state index in [4.69, 9.17) is 4.74 Å². The molecule has 0 saturated carbocycles. The van der Waals surface area contributed by atoms with E-state index in [9.17, 15) is 4.79 Å². The fourth-order valence-electron chi connectivity index (χ4n) is 2.29. The Labute approximate surface area is 120 Å². The summed E-state index contributed by atoms with van der Waals surface area (Å²) < 4.78 is 5.81. The van der Waals surface area contributed by atoms with Gasteiger partial charge in [-0.25, -0.2) is 0 Å². The summed E-state index contributed by atoms with van der Waals surface area (Å²) in [6, 6.07) is 0. The van der Waals surface area contributed by atoms with Gasteiger partial charge in [0.05, 0.1) is 5.92 Å². The molecule has 0 aromatic rings. The third kappa shape index (κ3) is 7.59. The van der Waals surface area contributed by atoms with Crippen LogP contribution in [0.1, 0.15) is 81.1 Å². The topological polar surface area (TPSA) is 26.3 Å². The first-order valence-electron chi connectivity index (χ1n) is 7.76. The van der Waals surface area contributed by atoms with Crippen molar-refractivity contribution in [3.05, 3.63) is 0 Å². The van der Waals surface area contributed by atoms with E-state index >= 15 is 0 Å². The number of carbonyl (C=O) groups excluding carboxylic acids is 1. The van der Waals surface area contributed by atoms with Crippen LogP contribution < -0.4 is 0 Å². The van der Waals surface area contributed by atoms with Crippen molar-refractivity contribution in [2.24, 2.45) is 17.3 Å². The van der Waals surface area contributed by atoms with Crippen LogP contribution in [0.3, 0.4) is 0 Å². The van der Waals surface area contributed by atoms with Gasteiger partial charge < -0.3 is 4.74 Å². The minimum atomic E-state index is -0.301. The van der Waals surface area contributed by atoms with Gasteiger partial charge in [0.15, 0.2) is 0 Å². The molecule has 0 amide bonds. The van der Waals surface area contributed by atoms with E-state index in [0.717, 1.165) is 25.7 Å². The average molecular weight is 270 g/mol. The van der Waals surface area contributed by atoms with Gasteiger partial charge in [0.1, 0.15) is 5.60 Å². The van der Waals surface area contributed by atoms with E-state index in [-0.39, 0.29) is 22.9 Å². The largest absolute Gasteiger partial charge is 0.459 e. The normalized spacial score (nSPS) is 14.6. The molecule has 0 spiro atoms. The monoisotopic (exact) mass is 270 g/mol. The van der Waals surface area contributed by atoms with Gasteiger partial charge >= 0.3 is 5.97 Å². The first-order valence-corrected chi connectivity index (χ1v) is 7.76. The van der Waals surface area contributed by atoms with Crippen molar-refractivity contribution < 1.29 is 9.53 Å². The molecule has 0 saturated heterocycles. The van der Waals surface area contributed by atoms with Gasteiger partial charge in [-0.05, 0) is 43.9 Å². The first-order chi connectivity index (χ1) is 8.53. The first kappa shape index (κ1) is 18.5. The van der Waals surface area contributed by atoms with Crippen LogP contribution in [0, 0.1) is 17.3 Å². The fourth-order valence-corrected chi connectivity index (χ4v) is 2.29. The molecule has 0 N–H and O–H groups in total. The van der Waals surface area contributed by atoms with Crippen LogP contribution in [0.5, 0.6) is 0 Å². The third-order valence-corrected chi connectivity index (χ3v) is 3.79. The molecule has 0 aliphatic heterocycles. The highest BCUT2D eigenvalue weighted by atomic mass is 16.6. The summed E-state index contributed by atoms with van der Waals surface area (Å²) in [7, 11) is 0. The van der Waals surface area contributed by atoms with E-state index in [1.807, 2.05) is 6.92 Å². The molecular formula is C17H34O2. The van der Waals surface area contributed by atoms with Gasteiger partial charge in [0.25, 0.3) is 0 Å². The summed E-state index contributed by atoms with van der Waals surface area (Å²) in [6.07, 6.45) is 3.56. The number of ether oxygens (including phenoxy) is 1. The molecule has 0 rings (SSSR count). The molecular weight excluding hydrogens is 236 g/mol. The quantitative estimate of drug-likeness (QED) is 0.594. The molecule has 0 aromatic carbocycles. The van der Waals surface area contributed by atoms with Crippen molar-refractivity contribution in [2.45, 2.75) is 86.7 Å². The van der Waals surface area contributed by atoms with Crippen molar-refractivity contribution in [2.75, 3.05) is 0 Å². The molecule has 2 heteroatoms. The molecule has 0 bridgehead atoms. The van der Waals surface area contributed by atoms with Crippen LogP contribution in [0.25, 0.3) is 0 Å². The lowest BCUT2D eigenvalue weighted by Gasteiger charge is -2.32. The zero-order valence-electron chi connectivity index (χ0n) is 14.3. The Morgan fingerprint density at radius 2 is 1.53 bits per heavy atom. The van der Waals surface area contributed by atoms with Gasteiger partial charge in [-0.15, -0.1) is 0 Å². The predicted molar refractivity (Wildman–Crippen MR) is 82.1 cm³/mol. The Morgan fingerprint density at radius 1 is 1.05 bits per heavy atom. The summed E-state index contributed by atoms with van der Waals surface area (Å²) in [5, 5.41) is 0. The van der Waals surface area contributed by atoms with E-state index in [2.05, 4.69) is 48.5 Å². The molecule has 19 heavy (non-hydrogen) atoms. The Balaban J connectivity index is 4.81. The van der Waals surface area contributed by atoms with Crippen LogP contribution in [0.4, 0.5) is 0 Å². The molecule has 0 heterocycles. The van der Waals surface area contributed by atoms with Gasteiger partial charge in [-0.1, -0.05) is 48.5 Å². The van der Waals surface area contributed by atoms with E-state index in [0.29, 0.717) is 5.92 Å². The Bertz CT molecular complexity index is 269. The number of hydrogen-bond acceptors (Lipinski definition) is 2. The van der Waals surface area contributed by atoms with Crippen LogP contribution in [0.15, 0.2) is 0 Å². The second kappa shape index (κ2) is 7.31. The minimum Gasteiger partial charge on any atom is -0.459 e. The fraction of sp³-hybridized carbons (Fsp3) is 0.941. The maximum Gasteiger partial charge on any atom is 0.309 e. The van der Waals surface area contributed by atoms with Crippen molar-refractivity contribution in [1.82, 2.24) is 0 Å². The lowest BCUT2D eigenvalue weighted by atomic mass is 9.81. The Kier molecular flexibility index (Phi) is 7.10. The maximum absolute atomic E-state index is 12.5. The SMILES string of the molecule is CCC(C)(CC)OC(=O)C(CC(C)C)CC(C)(C)C. The number of rotatable bonds is 7. The zero-order valence-corrected chi connectivity index (χ0v) is 14.3. The number of esters is 1. The number of carbonyl (C=O) groups is 1. The highest BCUT2D eigenvalue weighted by Crippen LogP contribution is 2.31. The molecule has 0 aliphatic rings. The third-order valence-electron chi connectivity index (χ3n) is 3.79. The maximum atomic E-state index is 12.5. The highest BCUT2D eigenvalue weighted by Gasteiger charge is 2.32. The van der Waals surface area contributed by atoms with Gasteiger partial charge in [-0.2, -0.15) is 0 Å². The summed E-state index contributed by atoms with van der Waals surface area (Å²) in [4.78, 5) is 12.5. The molecule has 0 aliphatic carbocycles. The highest BCUT2D eigenvalue weighted by molar-refractivity contribution is 5.73. The van der Waals surface area contributed by atoms with Gasteiger partial charge in [0, 0.05) is 0 Å². The second-order valence-corrected chi connectivity index (χ2v) is 7.67. The Morgan fingerprint density at radius 3 is 1.84 bits per heavy atom. The van der Waals surface area contributed by atoms with Crippen molar-refractivity contribution in [3.63, 3.8) is 0 Å². The van der Waals surface area contributed by atoms with Gasteiger partial charge in [-0.3, -0.25) is 4.79 Å². The number of hydrogen-bond donors (Lipinski definition) is 0. The smallest absolute Gasteiger partial charge is 0.309 e. The van der Waals surface area contributed by atoms with Crippen LogP contribution >= 0.6 is 0 Å². The minimum absolute atomic E-state index is 0.00479. The second-order valence-electron chi connectivity index (χ2n) is 7.67. The predicted octanol–water partition coefficient (Wildman–Crippen LogP) is 5.21. The molecule has 0 aromatic heterocycles. The van der Waals surface area contributed by atoms with Crippen LogP contribution in [-0.2, 0) is 9.53 Å². The summed E-state index contributed by atoms with van der Waals surface area (Å²) in [6.45, 7) is 17.1. The van der Waals surface area contributed by atoms with Crippen LogP contribution in [-0.4, -0.2) is 11.6 Å². The molecule has 1 atom stereocenters. The van der Waals surface area contributed by atoms with Crippen molar-refractivity contribution in [1.29, 1.82) is 0 Å².